The van der Waals surface area contributed by atoms with E-state index in [4.69, 9.17) is 4.74 Å². The van der Waals surface area contributed by atoms with Crippen molar-refractivity contribution in [3.63, 3.8) is 0 Å². The summed E-state index contributed by atoms with van der Waals surface area (Å²) in [5.74, 6) is 0.146. The van der Waals surface area contributed by atoms with Crippen molar-refractivity contribution < 1.29 is 9.53 Å². The third-order valence-corrected chi connectivity index (χ3v) is 5.43. The number of nitrogens with one attached hydrogen (secondary N) is 1. The number of benzene rings is 1. The number of carbonyl (C=O) groups excluding carboxylic acids is 1. The van der Waals surface area contributed by atoms with Gasteiger partial charge in [0.15, 0.2) is 0 Å². The number of anilines is 1. The summed E-state index contributed by atoms with van der Waals surface area (Å²) in [6.45, 7) is 0.684. The first kappa shape index (κ1) is 17.3. The fourth-order valence-corrected chi connectivity index (χ4v) is 4.00. The number of ether oxygens (including phenoxy) is 1. The van der Waals surface area contributed by atoms with Gasteiger partial charge in [0.05, 0.1) is 18.2 Å². The van der Waals surface area contributed by atoms with Crippen LogP contribution in [-0.2, 0) is 16.0 Å². The molecule has 0 aromatic heterocycles. The van der Waals surface area contributed by atoms with Crippen molar-refractivity contribution in [2.75, 3.05) is 25.6 Å². The summed E-state index contributed by atoms with van der Waals surface area (Å²) in [4.78, 5) is 14.3. The summed E-state index contributed by atoms with van der Waals surface area (Å²) < 4.78 is 6.07. The first-order chi connectivity index (χ1) is 11.6. The minimum absolute atomic E-state index is 0.0677. The summed E-state index contributed by atoms with van der Waals surface area (Å²) in [5, 5.41) is 3.18. The van der Waals surface area contributed by atoms with E-state index in [2.05, 4.69) is 34.5 Å². The highest BCUT2D eigenvalue weighted by molar-refractivity contribution is 5.76. The molecule has 4 nitrogen and oxygen atoms in total. The van der Waals surface area contributed by atoms with E-state index in [9.17, 15) is 4.79 Å². The minimum Gasteiger partial charge on any atom is -0.378 e. The van der Waals surface area contributed by atoms with Crippen LogP contribution in [0.1, 0.15) is 50.5 Å². The normalized spacial score (nSPS) is 22.5. The van der Waals surface area contributed by atoms with Gasteiger partial charge in [-0.2, -0.15) is 0 Å². The van der Waals surface area contributed by atoms with E-state index in [1.807, 2.05) is 14.1 Å². The lowest BCUT2D eigenvalue weighted by Crippen LogP contribution is -2.37. The number of hydrogen-bond acceptors (Lipinski definition) is 3. The van der Waals surface area contributed by atoms with Gasteiger partial charge in [0.1, 0.15) is 0 Å². The lowest BCUT2D eigenvalue weighted by Gasteiger charge is -2.32. The van der Waals surface area contributed by atoms with Gasteiger partial charge in [-0.05, 0) is 43.4 Å². The Morgan fingerprint density at radius 1 is 1.21 bits per heavy atom. The SMILES string of the molecule is CN(C)c1ccc(CCC(=O)N[C@@H]2COC3(CCCCC3)C2)cc1. The summed E-state index contributed by atoms with van der Waals surface area (Å²) in [6.07, 6.45) is 8.52. The molecule has 4 heteroatoms. The van der Waals surface area contributed by atoms with Crippen LogP contribution in [0.2, 0.25) is 0 Å². The molecular weight excluding hydrogens is 300 g/mol. The Labute approximate surface area is 145 Å². The molecule has 1 aromatic rings. The van der Waals surface area contributed by atoms with Gasteiger partial charge in [-0.15, -0.1) is 0 Å². The summed E-state index contributed by atoms with van der Waals surface area (Å²) in [7, 11) is 4.07. The molecule has 0 radical (unpaired) electrons. The smallest absolute Gasteiger partial charge is 0.220 e. The molecule has 1 heterocycles. The zero-order chi connectivity index (χ0) is 17.0. The van der Waals surface area contributed by atoms with E-state index in [0.717, 1.165) is 25.7 Å². The Morgan fingerprint density at radius 3 is 2.58 bits per heavy atom. The van der Waals surface area contributed by atoms with Gasteiger partial charge in [0.25, 0.3) is 0 Å². The van der Waals surface area contributed by atoms with Crippen molar-refractivity contribution in [3.05, 3.63) is 29.8 Å². The minimum atomic E-state index is 0.0677. The molecule has 3 rings (SSSR count). The summed E-state index contributed by atoms with van der Waals surface area (Å²) in [5.41, 5.74) is 2.46. The van der Waals surface area contributed by atoms with Crippen molar-refractivity contribution in [3.8, 4) is 0 Å². The lowest BCUT2D eigenvalue weighted by atomic mass is 9.82. The molecule has 1 aliphatic heterocycles. The Kier molecular flexibility index (Phi) is 5.44. The van der Waals surface area contributed by atoms with Crippen LogP contribution < -0.4 is 10.2 Å². The van der Waals surface area contributed by atoms with Crippen LogP contribution in [0.15, 0.2) is 24.3 Å². The van der Waals surface area contributed by atoms with Crippen molar-refractivity contribution in [1.82, 2.24) is 5.32 Å². The zero-order valence-corrected chi connectivity index (χ0v) is 15.0. The van der Waals surface area contributed by atoms with E-state index in [1.165, 1.54) is 30.5 Å². The Balaban J connectivity index is 1.43. The Bertz CT molecular complexity index is 547. The monoisotopic (exact) mass is 330 g/mol. The maximum atomic E-state index is 12.2. The molecule has 132 valence electrons. The van der Waals surface area contributed by atoms with E-state index in [1.54, 1.807) is 0 Å². The third kappa shape index (κ3) is 4.29. The first-order valence-electron chi connectivity index (χ1n) is 9.26. The molecule has 1 saturated carbocycles. The number of hydrogen-bond donors (Lipinski definition) is 1. The number of amides is 1. The molecule has 1 amide bonds. The molecule has 1 N–H and O–H groups in total. The fourth-order valence-electron chi connectivity index (χ4n) is 4.00. The molecule has 1 spiro atoms. The highest BCUT2D eigenvalue weighted by Gasteiger charge is 2.41. The lowest BCUT2D eigenvalue weighted by molar-refractivity contribution is -0.121. The van der Waals surface area contributed by atoms with Crippen molar-refractivity contribution in [1.29, 1.82) is 0 Å². The van der Waals surface area contributed by atoms with Gasteiger partial charge in [0, 0.05) is 26.2 Å². The van der Waals surface area contributed by atoms with Crippen LogP contribution in [0.3, 0.4) is 0 Å². The average Bonchev–Trinajstić information content (AvgIpc) is 2.96. The highest BCUT2D eigenvalue weighted by Crippen LogP contribution is 2.39. The quantitative estimate of drug-likeness (QED) is 0.901. The van der Waals surface area contributed by atoms with Crippen molar-refractivity contribution in [2.24, 2.45) is 0 Å². The number of nitrogens with zero attached hydrogens (tertiary/aromatic N) is 1. The second kappa shape index (κ2) is 7.56. The summed E-state index contributed by atoms with van der Waals surface area (Å²) in [6, 6.07) is 8.62. The highest BCUT2D eigenvalue weighted by atomic mass is 16.5. The Hall–Kier alpha value is -1.55. The van der Waals surface area contributed by atoms with Crippen molar-refractivity contribution >= 4 is 11.6 Å². The third-order valence-electron chi connectivity index (χ3n) is 5.43. The molecule has 1 saturated heterocycles. The number of carbonyl (C=O) groups is 1. The molecule has 2 fully saturated rings. The number of aryl methyl sites for hydroxylation is 1. The van der Waals surface area contributed by atoms with Crippen LogP contribution in [0.4, 0.5) is 5.69 Å². The first-order valence-corrected chi connectivity index (χ1v) is 9.26. The van der Waals surface area contributed by atoms with Crippen LogP contribution in [0, 0.1) is 0 Å². The van der Waals surface area contributed by atoms with Gasteiger partial charge in [-0.1, -0.05) is 31.4 Å². The van der Waals surface area contributed by atoms with Gasteiger partial charge in [-0.3, -0.25) is 4.79 Å². The second-order valence-electron chi connectivity index (χ2n) is 7.58. The molecule has 2 aliphatic rings. The zero-order valence-electron chi connectivity index (χ0n) is 15.0. The molecule has 1 atom stereocenters. The average molecular weight is 330 g/mol. The molecule has 0 unspecified atom stereocenters. The standard InChI is InChI=1S/C20H30N2O2/c1-22(2)18-9-6-16(7-10-18)8-11-19(23)21-17-14-20(24-15-17)12-4-3-5-13-20/h6-7,9-10,17H,3-5,8,11-15H2,1-2H3,(H,21,23)/t17-/m0/s1. The topological polar surface area (TPSA) is 41.6 Å². The fraction of sp³-hybridized carbons (Fsp3) is 0.650. The van der Waals surface area contributed by atoms with Crippen molar-refractivity contribution in [2.45, 2.75) is 63.0 Å². The van der Waals surface area contributed by atoms with E-state index < -0.39 is 0 Å². The van der Waals surface area contributed by atoms with E-state index in [-0.39, 0.29) is 17.6 Å². The predicted molar refractivity (Wildman–Crippen MR) is 97.4 cm³/mol. The van der Waals surface area contributed by atoms with Gasteiger partial charge in [0.2, 0.25) is 5.91 Å². The largest absolute Gasteiger partial charge is 0.378 e. The van der Waals surface area contributed by atoms with Crippen LogP contribution in [-0.4, -0.2) is 38.3 Å². The maximum absolute atomic E-state index is 12.2. The van der Waals surface area contributed by atoms with E-state index >= 15 is 0 Å². The van der Waals surface area contributed by atoms with Gasteiger partial charge in [-0.25, -0.2) is 0 Å². The van der Waals surface area contributed by atoms with Crippen LogP contribution >= 0.6 is 0 Å². The van der Waals surface area contributed by atoms with Gasteiger partial charge >= 0.3 is 0 Å². The predicted octanol–water partition coefficient (Wildman–Crippen LogP) is 3.29. The summed E-state index contributed by atoms with van der Waals surface area (Å²) >= 11 is 0. The molecule has 24 heavy (non-hydrogen) atoms. The molecule has 1 aliphatic carbocycles. The molecular formula is C20H30N2O2. The molecule has 0 bridgehead atoms. The van der Waals surface area contributed by atoms with Crippen LogP contribution in [0.5, 0.6) is 0 Å². The number of rotatable bonds is 5. The molecule has 1 aromatic carbocycles. The Morgan fingerprint density at radius 2 is 1.92 bits per heavy atom. The van der Waals surface area contributed by atoms with E-state index in [0.29, 0.717) is 13.0 Å². The van der Waals surface area contributed by atoms with Gasteiger partial charge < -0.3 is 15.0 Å². The second-order valence-corrected chi connectivity index (χ2v) is 7.58. The van der Waals surface area contributed by atoms with Crippen LogP contribution in [0.25, 0.3) is 0 Å². The maximum Gasteiger partial charge on any atom is 0.220 e.